The highest BCUT2D eigenvalue weighted by Gasteiger charge is 2.37. The summed E-state index contributed by atoms with van der Waals surface area (Å²) >= 11 is 0. The Morgan fingerprint density at radius 3 is 2.50 bits per heavy atom. The van der Waals surface area contributed by atoms with E-state index in [-0.39, 0.29) is 0 Å². The Bertz CT molecular complexity index is 408. The molecule has 1 unspecified atom stereocenters. The van der Waals surface area contributed by atoms with Gasteiger partial charge in [0.15, 0.2) is 0 Å². The molecule has 3 heteroatoms. The summed E-state index contributed by atoms with van der Waals surface area (Å²) in [6, 6.07) is 8.39. The maximum atomic E-state index is 5.21. The predicted octanol–water partition coefficient (Wildman–Crippen LogP) is 2.76. The molecule has 0 amide bonds. The first-order valence-corrected chi connectivity index (χ1v) is 7.58. The summed E-state index contributed by atoms with van der Waals surface area (Å²) in [6.07, 6.45) is 1.29. The summed E-state index contributed by atoms with van der Waals surface area (Å²) in [5, 5.41) is 3.54. The maximum absolute atomic E-state index is 5.21. The molecule has 1 aliphatic heterocycles. The van der Waals surface area contributed by atoms with Crippen LogP contribution in [-0.2, 0) is 6.54 Å². The van der Waals surface area contributed by atoms with E-state index >= 15 is 0 Å². The van der Waals surface area contributed by atoms with Gasteiger partial charge in [0.2, 0.25) is 0 Å². The van der Waals surface area contributed by atoms with Gasteiger partial charge in [0.25, 0.3) is 0 Å². The molecule has 0 spiro atoms. The van der Waals surface area contributed by atoms with Crippen LogP contribution in [0.15, 0.2) is 24.3 Å². The van der Waals surface area contributed by atoms with E-state index in [9.17, 15) is 0 Å². The Balaban J connectivity index is 1.95. The minimum Gasteiger partial charge on any atom is -0.497 e. The lowest BCUT2D eigenvalue weighted by atomic mass is 9.76. The van der Waals surface area contributed by atoms with Crippen LogP contribution in [-0.4, -0.2) is 38.7 Å². The van der Waals surface area contributed by atoms with Crippen molar-refractivity contribution in [1.82, 2.24) is 10.2 Å². The van der Waals surface area contributed by atoms with Crippen LogP contribution in [0.2, 0.25) is 0 Å². The fourth-order valence-corrected chi connectivity index (χ4v) is 3.21. The van der Waals surface area contributed by atoms with E-state index in [1.165, 1.54) is 12.0 Å². The summed E-state index contributed by atoms with van der Waals surface area (Å²) in [5.74, 6) is 1.64. The standard InChI is InChI=1S/C17H28N2O/c1-14(2)17(9-10-18-12-17)13-19(3)11-15-5-7-16(20-4)8-6-15/h5-8,14,18H,9-13H2,1-4H3. The zero-order valence-electron chi connectivity index (χ0n) is 13.3. The lowest BCUT2D eigenvalue weighted by Crippen LogP contribution is -2.41. The van der Waals surface area contributed by atoms with Gasteiger partial charge in [-0.3, -0.25) is 0 Å². The summed E-state index contributed by atoms with van der Waals surface area (Å²) in [6.45, 7) is 9.18. The van der Waals surface area contributed by atoms with Crippen LogP contribution in [0.3, 0.4) is 0 Å². The number of hydrogen-bond acceptors (Lipinski definition) is 3. The molecule has 20 heavy (non-hydrogen) atoms. The van der Waals surface area contributed by atoms with Crippen LogP contribution in [0.5, 0.6) is 5.75 Å². The Morgan fingerprint density at radius 2 is 2.00 bits per heavy atom. The highest BCUT2D eigenvalue weighted by Crippen LogP contribution is 2.35. The Labute approximate surface area is 123 Å². The largest absolute Gasteiger partial charge is 0.497 e. The molecule has 0 radical (unpaired) electrons. The first-order valence-electron chi connectivity index (χ1n) is 7.58. The van der Waals surface area contributed by atoms with Gasteiger partial charge in [-0.1, -0.05) is 26.0 Å². The fourth-order valence-electron chi connectivity index (χ4n) is 3.21. The molecule has 1 N–H and O–H groups in total. The third-order valence-electron chi connectivity index (χ3n) is 4.70. The molecule has 1 aliphatic rings. The van der Waals surface area contributed by atoms with Crippen LogP contribution >= 0.6 is 0 Å². The lowest BCUT2D eigenvalue weighted by Gasteiger charge is -2.36. The van der Waals surface area contributed by atoms with Crippen molar-refractivity contribution >= 4 is 0 Å². The monoisotopic (exact) mass is 276 g/mol. The second-order valence-corrected chi connectivity index (χ2v) is 6.46. The van der Waals surface area contributed by atoms with Gasteiger partial charge in [0, 0.05) is 19.6 Å². The van der Waals surface area contributed by atoms with E-state index in [1.54, 1.807) is 7.11 Å². The van der Waals surface area contributed by atoms with Gasteiger partial charge >= 0.3 is 0 Å². The molecular formula is C17H28N2O. The fraction of sp³-hybridized carbons (Fsp3) is 0.647. The van der Waals surface area contributed by atoms with Crippen molar-refractivity contribution in [3.05, 3.63) is 29.8 Å². The quantitative estimate of drug-likeness (QED) is 0.864. The van der Waals surface area contributed by atoms with E-state index in [0.29, 0.717) is 5.41 Å². The van der Waals surface area contributed by atoms with Crippen molar-refractivity contribution in [2.24, 2.45) is 11.3 Å². The molecule has 0 bridgehead atoms. The van der Waals surface area contributed by atoms with Gasteiger partial charge in [0.05, 0.1) is 7.11 Å². The van der Waals surface area contributed by atoms with Gasteiger partial charge in [-0.2, -0.15) is 0 Å². The van der Waals surface area contributed by atoms with E-state index in [0.717, 1.165) is 37.8 Å². The van der Waals surface area contributed by atoms with Crippen molar-refractivity contribution in [2.45, 2.75) is 26.8 Å². The average molecular weight is 276 g/mol. The van der Waals surface area contributed by atoms with Crippen LogP contribution in [0, 0.1) is 11.3 Å². The Morgan fingerprint density at radius 1 is 1.30 bits per heavy atom. The van der Waals surface area contributed by atoms with E-state index in [1.807, 2.05) is 12.1 Å². The Hall–Kier alpha value is -1.06. The lowest BCUT2D eigenvalue weighted by molar-refractivity contribution is 0.132. The zero-order chi connectivity index (χ0) is 14.6. The molecule has 0 aromatic heterocycles. The molecule has 0 aliphatic carbocycles. The minimum atomic E-state index is 0.432. The SMILES string of the molecule is COc1ccc(CN(C)CC2(C(C)C)CCNC2)cc1. The second kappa shape index (κ2) is 6.59. The van der Waals surface area contributed by atoms with Gasteiger partial charge in [-0.15, -0.1) is 0 Å². The van der Waals surface area contributed by atoms with Crippen LogP contribution in [0.1, 0.15) is 25.8 Å². The molecule has 1 heterocycles. The first-order chi connectivity index (χ1) is 9.55. The van der Waals surface area contributed by atoms with Gasteiger partial charge in [-0.05, 0) is 49.0 Å². The molecule has 1 saturated heterocycles. The van der Waals surface area contributed by atoms with E-state index in [4.69, 9.17) is 4.74 Å². The van der Waals surface area contributed by atoms with E-state index in [2.05, 4.69) is 43.2 Å². The highest BCUT2D eigenvalue weighted by atomic mass is 16.5. The van der Waals surface area contributed by atoms with E-state index < -0.39 is 0 Å². The van der Waals surface area contributed by atoms with Crippen molar-refractivity contribution in [3.8, 4) is 5.75 Å². The molecule has 2 rings (SSSR count). The first kappa shape index (κ1) is 15.3. The topological polar surface area (TPSA) is 24.5 Å². The highest BCUT2D eigenvalue weighted by molar-refractivity contribution is 5.27. The molecule has 112 valence electrons. The third kappa shape index (κ3) is 3.53. The molecule has 0 saturated carbocycles. The normalized spacial score (nSPS) is 22.7. The van der Waals surface area contributed by atoms with Crippen LogP contribution < -0.4 is 10.1 Å². The third-order valence-corrected chi connectivity index (χ3v) is 4.70. The molecule has 1 atom stereocenters. The van der Waals surface area contributed by atoms with Crippen molar-refractivity contribution in [3.63, 3.8) is 0 Å². The molecule has 1 aromatic carbocycles. The number of benzene rings is 1. The number of rotatable bonds is 6. The summed E-state index contributed by atoms with van der Waals surface area (Å²) in [4.78, 5) is 2.45. The molecule has 1 fully saturated rings. The zero-order valence-corrected chi connectivity index (χ0v) is 13.3. The number of methoxy groups -OCH3 is 1. The van der Waals surface area contributed by atoms with Gasteiger partial charge in [-0.25, -0.2) is 0 Å². The number of hydrogen-bond donors (Lipinski definition) is 1. The van der Waals surface area contributed by atoms with Gasteiger partial charge < -0.3 is 15.0 Å². The number of ether oxygens (including phenoxy) is 1. The second-order valence-electron chi connectivity index (χ2n) is 6.46. The minimum absolute atomic E-state index is 0.432. The average Bonchev–Trinajstić information content (AvgIpc) is 2.89. The number of nitrogens with one attached hydrogen (secondary N) is 1. The van der Waals surface area contributed by atoms with Crippen molar-refractivity contribution in [1.29, 1.82) is 0 Å². The van der Waals surface area contributed by atoms with Crippen LogP contribution in [0.4, 0.5) is 0 Å². The van der Waals surface area contributed by atoms with Crippen molar-refractivity contribution in [2.75, 3.05) is 33.8 Å². The number of nitrogens with zero attached hydrogens (tertiary/aromatic N) is 1. The summed E-state index contributed by atoms with van der Waals surface area (Å²) in [5.41, 5.74) is 1.78. The predicted molar refractivity (Wildman–Crippen MR) is 84.1 cm³/mol. The van der Waals surface area contributed by atoms with Gasteiger partial charge in [0.1, 0.15) is 5.75 Å². The molecule has 3 nitrogen and oxygen atoms in total. The smallest absolute Gasteiger partial charge is 0.118 e. The Kier molecular flexibility index (Phi) is 5.06. The summed E-state index contributed by atoms with van der Waals surface area (Å²) < 4.78 is 5.21. The molecular weight excluding hydrogens is 248 g/mol. The van der Waals surface area contributed by atoms with Crippen molar-refractivity contribution < 1.29 is 4.74 Å². The maximum Gasteiger partial charge on any atom is 0.118 e. The van der Waals surface area contributed by atoms with Crippen LogP contribution in [0.25, 0.3) is 0 Å². The molecule has 1 aromatic rings. The summed E-state index contributed by atoms with van der Waals surface area (Å²) in [7, 11) is 3.94.